The van der Waals surface area contributed by atoms with Gasteiger partial charge in [-0.15, -0.1) is 0 Å². The molecule has 2 aromatic heterocycles. The van der Waals surface area contributed by atoms with Crippen LogP contribution in [0.4, 0.5) is 5.82 Å². The van der Waals surface area contributed by atoms with E-state index in [4.69, 9.17) is 9.84 Å². The van der Waals surface area contributed by atoms with E-state index in [2.05, 4.69) is 15.6 Å². The number of nitrogens with one attached hydrogen (secondary N) is 2. The first-order valence-electron chi connectivity index (χ1n) is 12.5. The highest BCUT2D eigenvalue weighted by Crippen LogP contribution is 2.34. The predicted octanol–water partition coefficient (Wildman–Crippen LogP) is 5.84. The summed E-state index contributed by atoms with van der Waals surface area (Å²) in [5.41, 5.74) is 5.45. The first-order valence-corrected chi connectivity index (χ1v) is 12.5. The van der Waals surface area contributed by atoms with E-state index in [9.17, 15) is 4.79 Å². The lowest BCUT2D eigenvalue weighted by molar-refractivity contribution is 0.0953. The zero-order chi connectivity index (χ0) is 26.2. The summed E-state index contributed by atoms with van der Waals surface area (Å²) in [6, 6.07) is 31.2. The number of hydrogen-bond acceptors (Lipinski definition) is 5. The molecule has 2 heterocycles. The van der Waals surface area contributed by atoms with E-state index < -0.39 is 0 Å². The maximum absolute atomic E-state index is 12.2. The molecule has 0 atom stereocenters. The lowest BCUT2D eigenvalue weighted by Gasteiger charge is -2.09. The van der Waals surface area contributed by atoms with Crippen LogP contribution in [-0.4, -0.2) is 40.9 Å². The molecule has 0 radical (unpaired) electrons. The molecule has 0 aliphatic carbocycles. The van der Waals surface area contributed by atoms with Crippen LogP contribution in [0.3, 0.4) is 0 Å². The monoisotopic (exact) mass is 503 g/mol. The molecule has 3 aromatic carbocycles. The summed E-state index contributed by atoms with van der Waals surface area (Å²) in [5, 5.41) is 11.3. The van der Waals surface area contributed by atoms with E-state index in [0.29, 0.717) is 18.7 Å². The summed E-state index contributed by atoms with van der Waals surface area (Å²) < 4.78 is 7.35. The van der Waals surface area contributed by atoms with Crippen molar-refractivity contribution in [2.24, 2.45) is 0 Å². The maximum atomic E-state index is 12.2. The SMILES string of the molecule is COc1cccc(-c2nn(-c3ccccc3)cc2-c2ccnc(NCCCNC(=O)c3ccccc3)c2)c1. The number of hydrogen-bond donors (Lipinski definition) is 2. The molecule has 0 fully saturated rings. The van der Waals surface area contributed by atoms with Crippen molar-refractivity contribution in [3.63, 3.8) is 0 Å². The quantitative estimate of drug-likeness (QED) is 0.234. The fourth-order valence-electron chi connectivity index (χ4n) is 4.17. The van der Waals surface area contributed by atoms with Gasteiger partial charge < -0.3 is 15.4 Å². The molecule has 0 aliphatic rings. The number of anilines is 1. The molecule has 0 saturated heterocycles. The Bertz CT molecular complexity index is 1500. The molecule has 0 aliphatic heterocycles. The highest BCUT2D eigenvalue weighted by molar-refractivity contribution is 5.94. The topological polar surface area (TPSA) is 81.1 Å². The molecule has 7 heteroatoms. The largest absolute Gasteiger partial charge is 0.497 e. The minimum Gasteiger partial charge on any atom is -0.497 e. The normalized spacial score (nSPS) is 10.7. The Kier molecular flexibility index (Phi) is 7.75. The zero-order valence-electron chi connectivity index (χ0n) is 21.2. The van der Waals surface area contributed by atoms with Gasteiger partial charge in [-0.3, -0.25) is 4.79 Å². The summed E-state index contributed by atoms with van der Waals surface area (Å²) in [6.07, 6.45) is 4.61. The number of methoxy groups -OCH3 is 1. The van der Waals surface area contributed by atoms with E-state index in [-0.39, 0.29) is 5.91 Å². The van der Waals surface area contributed by atoms with Gasteiger partial charge in [0.15, 0.2) is 0 Å². The number of carbonyl (C=O) groups excluding carboxylic acids is 1. The van der Waals surface area contributed by atoms with Crippen LogP contribution in [0.25, 0.3) is 28.1 Å². The second-order valence-corrected chi connectivity index (χ2v) is 8.74. The van der Waals surface area contributed by atoms with Crippen molar-refractivity contribution in [1.82, 2.24) is 20.1 Å². The average Bonchev–Trinajstić information content (AvgIpc) is 3.44. The molecule has 0 spiro atoms. The summed E-state index contributed by atoms with van der Waals surface area (Å²) >= 11 is 0. The van der Waals surface area contributed by atoms with Crippen molar-refractivity contribution in [2.45, 2.75) is 6.42 Å². The highest BCUT2D eigenvalue weighted by atomic mass is 16.5. The number of carbonyl (C=O) groups is 1. The number of benzene rings is 3. The van der Waals surface area contributed by atoms with Gasteiger partial charge in [-0.1, -0.05) is 48.5 Å². The van der Waals surface area contributed by atoms with E-state index in [1.54, 1.807) is 13.3 Å². The summed E-state index contributed by atoms with van der Waals surface area (Å²) in [6.45, 7) is 1.25. The van der Waals surface area contributed by atoms with E-state index >= 15 is 0 Å². The molecule has 0 unspecified atom stereocenters. The lowest BCUT2D eigenvalue weighted by Crippen LogP contribution is -2.25. The molecule has 2 N–H and O–H groups in total. The Labute approximate surface area is 222 Å². The van der Waals surface area contributed by atoms with Crippen LogP contribution in [0.5, 0.6) is 5.75 Å². The first kappa shape index (κ1) is 24.8. The number of pyridine rings is 1. The minimum absolute atomic E-state index is 0.0637. The van der Waals surface area contributed by atoms with Crippen molar-refractivity contribution >= 4 is 11.7 Å². The molecule has 1 amide bonds. The van der Waals surface area contributed by atoms with E-state index in [1.165, 1.54) is 0 Å². The Hall–Kier alpha value is -4.91. The van der Waals surface area contributed by atoms with Gasteiger partial charge in [-0.05, 0) is 60.5 Å². The molecular weight excluding hydrogens is 474 g/mol. The summed E-state index contributed by atoms with van der Waals surface area (Å²) in [4.78, 5) is 16.7. The third kappa shape index (κ3) is 5.90. The third-order valence-electron chi connectivity index (χ3n) is 6.13. The van der Waals surface area contributed by atoms with Gasteiger partial charge in [0.1, 0.15) is 17.3 Å². The Morgan fingerprint density at radius 2 is 1.66 bits per heavy atom. The molecule has 5 aromatic rings. The average molecular weight is 504 g/mol. The van der Waals surface area contributed by atoms with Crippen molar-refractivity contribution in [3.05, 3.63) is 115 Å². The maximum Gasteiger partial charge on any atom is 0.251 e. The van der Waals surface area contributed by atoms with E-state index in [1.807, 2.05) is 108 Å². The first-order chi connectivity index (χ1) is 18.7. The van der Waals surface area contributed by atoms with Crippen LogP contribution in [0.15, 0.2) is 109 Å². The summed E-state index contributed by atoms with van der Waals surface area (Å²) in [7, 11) is 1.66. The van der Waals surface area contributed by atoms with Crippen molar-refractivity contribution in [2.75, 3.05) is 25.5 Å². The number of aromatic nitrogens is 3. The van der Waals surface area contributed by atoms with Crippen LogP contribution in [0.1, 0.15) is 16.8 Å². The van der Waals surface area contributed by atoms with Crippen LogP contribution in [0, 0.1) is 0 Å². The van der Waals surface area contributed by atoms with Crippen LogP contribution in [-0.2, 0) is 0 Å². The fourth-order valence-corrected chi connectivity index (χ4v) is 4.17. The predicted molar refractivity (Wildman–Crippen MR) is 151 cm³/mol. The molecule has 190 valence electrons. The van der Waals surface area contributed by atoms with Crippen LogP contribution < -0.4 is 15.4 Å². The second-order valence-electron chi connectivity index (χ2n) is 8.74. The standard InChI is InChI=1S/C31H29N5O2/c1-38-27-15-8-12-25(20-27)30-28(22-36(35-30)26-13-6-3-7-14-26)24-16-19-33-29(21-24)32-17-9-18-34-31(37)23-10-4-2-5-11-23/h2-8,10-16,19-22H,9,17-18H2,1H3,(H,32,33)(H,34,37). The number of ether oxygens (including phenoxy) is 1. The fraction of sp³-hybridized carbons (Fsp3) is 0.129. The molecular formula is C31H29N5O2. The number of nitrogens with zero attached hydrogens (tertiary/aromatic N) is 3. The molecule has 0 bridgehead atoms. The highest BCUT2D eigenvalue weighted by Gasteiger charge is 2.15. The van der Waals surface area contributed by atoms with Crippen molar-refractivity contribution in [1.29, 1.82) is 0 Å². The lowest BCUT2D eigenvalue weighted by atomic mass is 10.0. The van der Waals surface area contributed by atoms with Gasteiger partial charge in [0.05, 0.1) is 12.8 Å². The van der Waals surface area contributed by atoms with Crippen LogP contribution >= 0.6 is 0 Å². The zero-order valence-corrected chi connectivity index (χ0v) is 21.2. The van der Waals surface area contributed by atoms with Gasteiger partial charge in [-0.25, -0.2) is 9.67 Å². The number of para-hydroxylation sites is 1. The summed E-state index contributed by atoms with van der Waals surface area (Å²) in [5.74, 6) is 1.48. The number of amides is 1. The van der Waals surface area contributed by atoms with Crippen molar-refractivity contribution < 1.29 is 9.53 Å². The second kappa shape index (κ2) is 11.9. The van der Waals surface area contributed by atoms with E-state index in [0.717, 1.165) is 46.1 Å². The Morgan fingerprint density at radius 1 is 0.868 bits per heavy atom. The van der Waals surface area contributed by atoms with Gasteiger partial charge in [-0.2, -0.15) is 5.10 Å². The van der Waals surface area contributed by atoms with Gasteiger partial charge in [0.2, 0.25) is 0 Å². The molecule has 7 nitrogen and oxygen atoms in total. The molecule has 38 heavy (non-hydrogen) atoms. The van der Waals surface area contributed by atoms with Gasteiger partial charge >= 0.3 is 0 Å². The minimum atomic E-state index is -0.0637. The van der Waals surface area contributed by atoms with Crippen molar-refractivity contribution in [3.8, 4) is 33.8 Å². The molecule has 0 saturated carbocycles. The van der Waals surface area contributed by atoms with Crippen LogP contribution in [0.2, 0.25) is 0 Å². The smallest absolute Gasteiger partial charge is 0.251 e. The molecule has 5 rings (SSSR count). The Morgan fingerprint density at radius 3 is 2.45 bits per heavy atom. The van der Waals surface area contributed by atoms with Gasteiger partial charge in [0, 0.05) is 42.2 Å². The number of rotatable bonds is 10. The Balaban J connectivity index is 1.32. The van der Waals surface area contributed by atoms with Gasteiger partial charge in [0.25, 0.3) is 5.91 Å². The third-order valence-corrected chi connectivity index (χ3v) is 6.13.